The molecule has 4 rings (SSSR count). The summed E-state index contributed by atoms with van der Waals surface area (Å²) in [7, 11) is 0. The van der Waals surface area contributed by atoms with E-state index in [1.165, 1.54) is 17.8 Å². The Balaban J connectivity index is 1.70. The van der Waals surface area contributed by atoms with Gasteiger partial charge in [0.15, 0.2) is 11.0 Å². The lowest BCUT2D eigenvalue weighted by molar-refractivity contribution is -0.384. The average molecular weight is 447 g/mol. The van der Waals surface area contributed by atoms with Gasteiger partial charge in [-0.3, -0.25) is 14.7 Å². The van der Waals surface area contributed by atoms with E-state index in [0.717, 1.165) is 34.0 Å². The second-order valence-corrected chi connectivity index (χ2v) is 8.10. The summed E-state index contributed by atoms with van der Waals surface area (Å²) in [5.74, 6) is 2.07. The third-order valence-electron chi connectivity index (χ3n) is 4.80. The van der Waals surface area contributed by atoms with Crippen LogP contribution >= 0.6 is 11.8 Å². The number of nitrogens with zero attached hydrogens (tertiary/aromatic N) is 4. The van der Waals surface area contributed by atoms with Crippen LogP contribution in [0.5, 0.6) is 5.75 Å². The van der Waals surface area contributed by atoms with Crippen LogP contribution in [0.4, 0.5) is 5.69 Å². The highest BCUT2D eigenvalue weighted by Gasteiger charge is 2.17. The van der Waals surface area contributed by atoms with Gasteiger partial charge in [0.05, 0.1) is 11.5 Å². The average Bonchev–Trinajstić information content (AvgIpc) is 3.22. The molecule has 162 valence electrons. The van der Waals surface area contributed by atoms with Crippen LogP contribution in [0.1, 0.15) is 18.1 Å². The third kappa shape index (κ3) is 4.81. The van der Waals surface area contributed by atoms with Crippen molar-refractivity contribution in [2.75, 3.05) is 6.61 Å². The number of hydrogen-bond donors (Lipinski definition) is 0. The van der Waals surface area contributed by atoms with Crippen LogP contribution in [0, 0.1) is 17.0 Å². The topological polar surface area (TPSA) is 83.1 Å². The van der Waals surface area contributed by atoms with Gasteiger partial charge in [0.2, 0.25) is 0 Å². The number of aryl methyl sites for hydroxylation is 1. The summed E-state index contributed by atoms with van der Waals surface area (Å²) in [5.41, 5.74) is 3.94. The highest BCUT2D eigenvalue weighted by atomic mass is 32.2. The Morgan fingerprint density at radius 2 is 1.81 bits per heavy atom. The summed E-state index contributed by atoms with van der Waals surface area (Å²) in [6.07, 6.45) is 0. The van der Waals surface area contributed by atoms with Gasteiger partial charge < -0.3 is 4.74 Å². The van der Waals surface area contributed by atoms with Gasteiger partial charge in [-0.15, -0.1) is 10.2 Å². The maximum atomic E-state index is 11.1. The van der Waals surface area contributed by atoms with E-state index in [1.807, 2.05) is 66.9 Å². The van der Waals surface area contributed by atoms with Gasteiger partial charge in [0, 0.05) is 29.1 Å². The van der Waals surface area contributed by atoms with E-state index < -0.39 is 0 Å². The maximum absolute atomic E-state index is 11.1. The van der Waals surface area contributed by atoms with Gasteiger partial charge >= 0.3 is 0 Å². The van der Waals surface area contributed by atoms with E-state index in [4.69, 9.17) is 4.74 Å². The van der Waals surface area contributed by atoms with E-state index in [9.17, 15) is 10.1 Å². The molecule has 0 radical (unpaired) electrons. The quantitative estimate of drug-likeness (QED) is 0.192. The summed E-state index contributed by atoms with van der Waals surface area (Å²) in [6, 6.07) is 22.6. The molecule has 1 aromatic heterocycles. The number of nitro groups is 1. The minimum Gasteiger partial charge on any atom is -0.494 e. The summed E-state index contributed by atoms with van der Waals surface area (Å²) >= 11 is 1.49. The molecule has 0 spiro atoms. The van der Waals surface area contributed by atoms with Crippen LogP contribution in [0.15, 0.2) is 78.0 Å². The molecule has 0 aliphatic carbocycles. The smallest absolute Gasteiger partial charge is 0.269 e. The second kappa shape index (κ2) is 9.65. The fourth-order valence-electron chi connectivity index (χ4n) is 3.33. The predicted molar refractivity (Wildman–Crippen MR) is 125 cm³/mol. The Kier molecular flexibility index (Phi) is 6.51. The Hall–Kier alpha value is -3.65. The van der Waals surface area contributed by atoms with Crippen molar-refractivity contribution in [1.82, 2.24) is 14.8 Å². The first-order valence-corrected chi connectivity index (χ1v) is 11.2. The van der Waals surface area contributed by atoms with Gasteiger partial charge in [0.1, 0.15) is 5.75 Å². The molecule has 0 saturated carbocycles. The van der Waals surface area contributed by atoms with Crippen LogP contribution in [0.3, 0.4) is 0 Å². The zero-order chi connectivity index (χ0) is 22.5. The molecular weight excluding hydrogens is 424 g/mol. The lowest BCUT2D eigenvalue weighted by atomic mass is 10.1. The van der Waals surface area contributed by atoms with Crippen molar-refractivity contribution < 1.29 is 9.66 Å². The molecule has 0 fully saturated rings. The van der Waals surface area contributed by atoms with Crippen molar-refractivity contribution in [3.8, 4) is 22.8 Å². The van der Waals surface area contributed by atoms with Crippen molar-refractivity contribution in [3.05, 3.63) is 94.0 Å². The zero-order valence-electron chi connectivity index (χ0n) is 17.8. The summed E-state index contributed by atoms with van der Waals surface area (Å²) in [6.45, 7) is 4.59. The molecule has 32 heavy (non-hydrogen) atoms. The van der Waals surface area contributed by atoms with Gasteiger partial charge in [-0.2, -0.15) is 0 Å². The molecular formula is C24H22N4O3S. The molecule has 0 unspecified atom stereocenters. The first-order chi connectivity index (χ1) is 15.5. The number of rotatable bonds is 8. The lowest BCUT2D eigenvalue weighted by Crippen LogP contribution is -2.00. The highest BCUT2D eigenvalue weighted by molar-refractivity contribution is 7.98. The monoisotopic (exact) mass is 446 g/mol. The van der Waals surface area contributed by atoms with Crippen molar-refractivity contribution in [2.45, 2.75) is 24.8 Å². The largest absolute Gasteiger partial charge is 0.494 e. The molecule has 0 aliphatic rings. The molecule has 0 N–H and O–H groups in total. The number of benzene rings is 3. The second-order valence-electron chi connectivity index (χ2n) is 7.15. The number of nitro benzene ring substituents is 1. The van der Waals surface area contributed by atoms with Crippen molar-refractivity contribution in [1.29, 1.82) is 0 Å². The fourth-order valence-corrected chi connectivity index (χ4v) is 4.23. The Bertz CT molecular complexity index is 1240. The van der Waals surface area contributed by atoms with Crippen molar-refractivity contribution in [2.24, 2.45) is 0 Å². The summed E-state index contributed by atoms with van der Waals surface area (Å²) in [5, 5.41) is 20.7. The Labute approximate surface area is 190 Å². The molecule has 0 bridgehead atoms. The van der Waals surface area contributed by atoms with E-state index in [2.05, 4.69) is 16.3 Å². The fraction of sp³-hybridized carbons (Fsp3) is 0.167. The number of non-ortho nitro benzene ring substituents is 1. The summed E-state index contributed by atoms with van der Waals surface area (Å²) in [4.78, 5) is 10.7. The molecule has 4 aromatic rings. The van der Waals surface area contributed by atoms with Crippen LogP contribution < -0.4 is 4.74 Å². The molecule has 0 amide bonds. The molecule has 7 nitrogen and oxygen atoms in total. The third-order valence-corrected chi connectivity index (χ3v) is 5.80. The molecule has 3 aromatic carbocycles. The number of hydrogen-bond acceptors (Lipinski definition) is 6. The van der Waals surface area contributed by atoms with Crippen LogP contribution in [0.25, 0.3) is 17.1 Å². The van der Waals surface area contributed by atoms with Gasteiger partial charge in [-0.25, -0.2) is 0 Å². The Morgan fingerprint density at radius 1 is 1.03 bits per heavy atom. The van der Waals surface area contributed by atoms with E-state index in [-0.39, 0.29) is 10.6 Å². The maximum Gasteiger partial charge on any atom is 0.269 e. The van der Waals surface area contributed by atoms with Crippen LogP contribution in [0.2, 0.25) is 0 Å². The van der Waals surface area contributed by atoms with E-state index in [1.54, 1.807) is 12.1 Å². The number of aromatic nitrogens is 3. The highest BCUT2D eigenvalue weighted by Crippen LogP contribution is 2.31. The lowest BCUT2D eigenvalue weighted by Gasteiger charge is -2.12. The first-order valence-electron chi connectivity index (χ1n) is 10.2. The van der Waals surface area contributed by atoms with Gasteiger partial charge in [0.25, 0.3) is 5.69 Å². The Morgan fingerprint density at radius 3 is 2.53 bits per heavy atom. The zero-order valence-corrected chi connectivity index (χ0v) is 18.6. The molecule has 0 atom stereocenters. The van der Waals surface area contributed by atoms with Crippen molar-refractivity contribution in [3.63, 3.8) is 0 Å². The minimum absolute atomic E-state index is 0.0801. The SMILES string of the molecule is CCOc1ccc(-n2c(SCc3cccc([N+](=O)[O-])c3)nnc2-c2cccc(C)c2)cc1. The predicted octanol–water partition coefficient (Wildman–Crippen LogP) is 5.84. The molecule has 0 saturated heterocycles. The van der Waals surface area contributed by atoms with E-state index >= 15 is 0 Å². The number of ether oxygens (including phenoxy) is 1. The van der Waals surface area contributed by atoms with Crippen molar-refractivity contribution >= 4 is 17.4 Å². The molecule has 8 heteroatoms. The standard InChI is InChI=1S/C24H22N4O3S/c1-3-31-22-12-10-20(11-13-22)27-23(19-8-4-6-17(2)14-19)25-26-24(27)32-16-18-7-5-9-21(15-18)28(29)30/h4-15H,3,16H2,1-2H3. The molecule has 0 aliphatic heterocycles. The first kappa shape index (κ1) is 21.6. The van der Waals surface area contributed by atoms with Crippen LogP contribution in [-0.4, -0.2) is 26.3 Å². The molecule has 1 heterocycles. The van der Waals surface area contributed by atoms with E-state index in [0.29, 0.717) is 17.5 Å². The normalized spacial score (nSPS) is 10.8. The van der Waals surface area contributed by atoms with Crippen LogP contribution in [-0.2, 0) is 5.75 Å². The summed E-state index contributed by atoms with van der Waals surface area (Å²) < 4.78 is 7.58. The number of thioether (sulfide) groups is 1. The van der Waals surface area contributed by atoms with Gasteiger partial charge in [-0.05, 0) is 49.7 Å². The van der Waals surface area contributed by atoms with Gasteiger partial charge in [-0.1, -0.05) is 47.7 Å². The minimum atomic E-state index is -0.383.